The van der Waals surface area contributed by atoms with Gasteiger partial charge in [0.05, 0.1) is 22.8 Å². The highest BCUT2D eigenvalue weighted by Crippen LogP contribution is 2.32. The third-order valence-electron chi connectivity index (χ3n) is 4.22. The van der Waals surface area contributed by atoms with Gasteiger partial charge in [-0.15, -0.1) is 0 Å². The predicted molar refractivity (Wildman–Crippen MR) is 107 cm³/mol. The molecule has 1 aliphatic rings. The Bertz CT molecular complexity index is 1000. The number of carbonyl (C=O) groups excluding carboxylic acids is 1. The lowest BCUT2D eigenvalue weighted by Crippen LogP contribution is -2.29. The maximum Gasteiger partial charge on any atom is 0.255 e. The number of amides is 1. The number of nitriles is 1. The highest BCUT2D eigenvalue weighted by Gasteiger charge is 2.35. The molecule has 150 valence electrons. The molecular formula is C19H16Cl2N4O4. The lowest BCUT2D eigenvalue weighted by Gasteiger charge is -2.18. The Morgan fingerprint density at radius 1 is 1.34 bits per heavy atom. The Kier molecular flexibility index (Phi) is 6.13. The lowest BCUT2D eigenvalue weighted by atomic mass is 10.00. The van der Waals surface area contributed by atoms with Gasteiger partial charge in [0.2, 0.25) is 5.60 Å². The van der Waals surface area contributed by atoms with Crippen LogP contribution < -0.4 is 20.3 Å². The first kappa shape index (κ1) is 20.7. The number of halogens is 2. The number of carbonyl (C=O) groups is 1. The summed E-state index contributed by atoms with van der Waals surface area (Å²) in [6, 6.07) is 6.75. The summed E-state index contributed by atoms with van der Waals surface area (Å²) >= 11 is 12.1. The fourth-order valence-corrected chi connectivity index (χ4v) is 2.96. The fraction of sp³-hybridized carbons (Fsp3) is 0.211. The van der Waals surface area contributed by atoms with Gasteiger partial charge in [0, 0.05) is 29.7 Å². The summed E-state index contributed by atoms with van der Waals surface area (Å²) in [5, 5.41) is 12.4. The van der Waals surface area contributed by atoms with Crippen LogP contribution >= 0.6 is 23.2 Å². The summed E-state index contributed by atoms with van der Waals surface area (Å²) in [7, 11) is 1.48. The van der Waals surface area contributed by atoms with E-state index < -0.39 is 11.5 Å². The monoisotopic (exact) mass is 434 g/mol. The molecule has 8 nitrogen and oxygen atoms in total. The van der Waals surface area contributed by atoms with Crippen LogP contribution in [0.25, 0.3) is 0 Å². The second-order valence-corrected chi connectivity index (χ2v) is 6.94. The second-order valence-electron chi connectivity index (χ2n) is 6.12. The number of nitrogens with zero attached hydrogens (tertiary/aromatic N) is 2. The van der Waals surface area contributed by atoms with Crippen LogP contribution in [0.3, 0.4) is 0 Å². The Morgan fingerprint density at radius 2 is 2.07 bits per heavy atom. The zero-order valence-corrected chi connectivity index (χ0v) is 17.0. The molecule has 0 aliphatic carbocycles. The average molecular weight is 435 g/mol. The summed E-state index contributed by atoms with van der Waals surface area (Å²) in [5.41, 5.74) is 2.56. The highest BCUT2D eigenvalue weighted by atomic mass is 35.5. The first-order valence-corrected chi connectivity index (χ1v) is 9.09. The number of nitrogens with one attached hydrogen (secondary N) is 2. The number of ether oxygens (including phenoxy) is 2. The van der Waals surface area contributed by atoms with Crippen LogP contribution in [0.4, 0.5) is 5.69 Å². The fourth-order valence-electron chi connectivity index (χ4n) is 2.50. The molecule has 0 saturated heterocycles. The molecule has 1 aliphatic heterocycles. The van der Waals surface area contributed by atoms with E-state index in [-0.39, 0.29) is 22.3 Å². The second kappa shape index (κ2) is 8.57. The van der Waals surface area contributed by atoms with Crippen molar-refractivity contribution in [3.05, 3.63) is 58.0 Å². The molecule has 1 unspecified atom stereocenters. The highest BCUT2D eigenvalue weighted by molar-refractivity contribution is 6.39. The Balaban J connectivity index is 1.80. The van der Waals surface area contributed by atoms with Gasteiger partial charge in [0.15, 0.2) is 11.5 Å². The van der Waals surface area contributed by atoms with Gasteiger partial charge in [0.1, 0.15) is 12.7 Å². The number of hydrogen-bond donors (Lipinski definition) is 2. The van der Waals surface area contributed by atoms with E-state index in [9.17, 15) is 10.1 Å². The molecule has 0 bridgehead atoms. The molecule has 1 atom stereocenters. The molecule has 0 saturated carbocycles. The van der Waals surface area contributed by atoms with Gasteiger partial charge in [-0.25, -0.2) is 0 Å². The van der Waals surface area contributed by atoms with E-state index in [1.54, 1.807) is 25.3 Å². The smallest absolute Gasteiger partial charge is 0.255 e. The quantitative estimate of drug-likeness (QED) is 0.712. The number of aromatic nitrogens is 1. The topological polar surface area (TPSA) is 106 Å². The molecule has 0 radical (unpaired) electrons. The van der Waals surface area contributed by atoms with Crippen molar-refractivity contribution in [2.24, 2.45) is 0 Å². The molecule has 1 aromatic heterocycles. The number of anilines is 1. The maximum absolute atomic E-state index is 12.7. The van der Waals surface area contributed by atoms with Gasteiger partial charge in [-0.2, -0.15) is 5.26 Å². The average Bonchev–Trinajstić information content (AvgIpc) is 3.10. The number of pyridine rings is 1. The number of rotatable bonds is 6. The van der Waals surface area contributed by atoms with Crippen molar-refractivity contribution in [2.45, 2.75) is 12.5 Å². The Labute approximate surface area is 176 Å². The Hall–Kier alpha value is -2.99. The van der Waals surface area contributed by atoms with E-state index in [0.29, 0.717) is 22.6 Å². The predicted octanol–water partition coefficient (Wildman–Crippen LogP) is 3.73. The minimum Gasteiger partial charge on any atom is -0.493 e. The first-order valence-electron chi connectivity index (χ1n) is 8.33. The SMILES string of the molecule is COc1ccc(C(=O)Nc2c(Cl)cncc2Cl)cc1OCC1=CNOC1(C)C#N. The number of hydroxylamine groups is 1. The van der Waals surface area contributed by atoms with Crippen molar-refractivity contribution in [2.75, 3.05) is 19.0 Å². The summed E-state index contributed by atoms with van der Waals surface area (Å²) in [4.78, 5) is 21.7. The standard InChI is InChI=1S/C19H16Cl2N4O4/c1-19(10-22)12(6-24-29-19)9-28-16-5-11(3-4-15(16)27-2)18(26)25-17-13(20)7-23-8-14(17)21/h3-8,24H,9H2,1-2H3,(H,23,25,26). The van der Waals surface area contributed by atoms with Crippen molar-refractivity contribution in [1.29, 1.82) is 5.26 Å². The molecule has 29 heavy (non-hydrogen) atoms. The van der Waals surface area contributed by atoms with Gasteiger partial charge in [0.25, 0.3) is 5.91 Å². The summed E-state index contributed by atoms with van der Waals surface area (Å²) in [6.07, 6.45) is 4.31. The van der Waals surface area contributed by atoms with Crippen LogP contribution in [0.15, 0.2) is 42.4 Å². The Morgan fingerprint density at radius 3 is 2.72 bits per heavy atom. The molecule has 1 amide bonds. The normalized spacial score (nSPS) is 17.7. The number of methoxy groups -OCH3 is 1. The van der Waals surface area contributed by atoms with Crippen molar-refractivity contribution >= 4 is 34.8 Å². The van der Waals surface area contributed by atoms with Crippen molar-refractivity contribution in [1.82, 2.24) is 10.5 Å². The molecule has 2 heterocycles. The third-order valence-corrected chi connectivity index (χ3v) is 4.80. The molecule has 2 aromatic rings. The van der Waals surface area contributed by atoms with Gasteiger partial charge in [-0.1, -0.05) is 23.2 Å². The molecule has 10 heteroatoms. The third kappa shape index (κ3) is 4.38. The first-order chi connectivity index (χ1) is 13.9. The van der Waals surface area contributed by atoms with Crippen LogP contribution in [0, 0.1) is 11.3 Å². The molecular weight excluding hydrogens is 419 g/mol. The molecule has 0 fully saturated rings. The van der Waals surface area contributed by atoms with Gasteiger partial charge in [-0.05, 0) is 25.1 Å². The van der Waals surface area contributed by atoms with Crippen LogP contribution in [-0.4, -0.2) is 30.2 Å². The molecule has 0 spiro atoms. The minimum atomic E-state index is -1.14. The van der Waals surface area contributed by atoms with Crippen LogP contribution in [0.5, 0.6) is 11.5 Å². The van der Waals surface area contributed by atoms with E-state index in [1.807, 2.05) is 0 Å². The molecule has 2 N–H and O–H groups in total. The minimum absolute atomic E-state index is 0.0561. The van der Waals surface area contributed by atoms with Gasteiger partial charge in [-0.3, -0.25) is 20.1 Å². The summed E-state index contributed by atoms with van der Waals surface area (Å²) in [5.74, 6) is 0.298. The summed E-state index contributed by atoms with van der Waals surface area (Å²) < 4.78 is 11.1. The van der Waals surface area contributed by atoms with E-state index >= 15 is 0 Å². The lowest BCUT2D eigenvalue weighted by molar-refractivity contribution is 0.00455. The molecule has 1 aromatic carbocycles. The molecule has 3 rings (SSSR count). The largest absolute Gasteiger partial charge is 0.493 e. The number of benzene rings is 1. The van der Waals surface area contributed by atoms with Gasteiger partial charge < -0.3 is 14.8 Å². The zero-order valence-electron chi connectivity index (χ0n) is 15.5. The van der Waals surface area contributed by atoms with E-state index in [1.165, 1.54) is 25.6 Å². The van der Waals surface area contributed by atoms with Crippen LogP contribution in [0.1, 0.15) is 17.3 Å². The number of hydrogen-bond acceptors (Lipinski definition) is 7. The van der Waals surface area contributed by atoms with Gasteiger partial charge >= 0.3 is 0 Å². The maximum atomic E-state index is 12.7. The van der Waals surface area contributed by atoms with Crippen molar-refractivity contribution in [3.63, 3.8) is 0 Å². The van der Waals surface area contributed by atoms with E-state index in [2.05, 4.69) is 21.9 Å². The van der Waals surface area contributed by atoms with E-state index in [0.717, 1.165) is 0 Å². The van der Waals surface area contributed by atoms with Crippen molar-refractivity contribution in [3.8, 4) is 17.6 Å². The summed E-state index contributed by atoms with van der Waals surface area (Å²) in [6.45, 7) is 1.67. The van der Waals surface area contributed by atoms with E-state index in [4.69, 9.17) is 37.5 Å². The van der Waals surface area contributed by atoms with Crippen LogP contribution in [-0.2, 0) is 4.84 Å². The van der Waals surface area contributed by atoms with Crippen molar-refractivity contribution < 1.29 is 19.1 Å². The zero-order chi connectivity index (χ0) is 21.0. The van der Waals surface area contributed by atoms with Crippen LogP contribution in [0.2, 0.25) is 10.0 Å².